The zero-order valence-corrected chi connectivity index (χ0v) is 9.35. The van der Waals surface area contributed by atoms with E-state index in [1.54, 1.807) is 6.92 Å². The predicted octanol–water partition coefficient (Wildman–Crippen LogP) is 0.0408. The van der Waals surface area contributed by atoms with Crippen LogP contribution in [0.1, 0.15) is 6.92 Å². The molecular formula is C9H14N4O3. The first kappa shape index (κ1) is 12.0. The maximum atomic E-state index is 11.2. The Morgan fingerprint density at radius 2 is 2.19 bits per heavy atom. The van der Waals surface area contributed by atoms with Gasteiger partial charge in [-0.25, -0.2) is 9.78 Å². The zero-order chi connectivity index (χ0) is 12.1. The van der Waals surface area contributed by atoms with Crippen LogP contribution in [0.2, 0.25) is 0 Å². The topological polar surface area (TPSA) is 99.4 Å². The number of hydrogen-bond acceptors (Lipinski definition) is 7. The van der Waals surface area contributed by atoms with Crippen molar-refractivity contribution in [2.75, 3.05) is 25.3 Å². The van der Waals surface area contributed by atoms with Gasteiger partial charge in [-0.3, -0.25) is 0 Å². The molecule has 0 saturated carbocycles. The van der Waals surface area contributed by atoms with E-state index in [-0.39, 0.29) is 11.6 Å². The summed E-state index contributed by atoms with van der Waals surface area (Å²) in [6, 6.07) is -0.549. The highest BCUT2D eigenvalue weighted by Crippen LogP contribution is 2.24. The molecule has 0 aliphatic carbocycles. The Labute approximate surface area is 93.0 Å². The Kier molecular flexibility index (Phi) is 3.87. The lowest BCUT2D eigenvalue weighted by molar-refractivity contribution is -0.141. The Bertz CT molecular complexity index is 383. The monoisotopic (exact) mass is 226 g/mol. The van der Waals surface area contributed by atoms with Crippen LogP contribution in [-0.4, -0.2) is 36.2 Å². The van der Waals surface area contributed by atoms with Gasteiger partial charge in [-0.15, -0.1) is 0 Å². The molecule has 0 amide bonds. The maximum absolute atomic E-state index is 11.2. The molecule has 0 bridgehead atoms. The fourth-order valence-corrected chi connectivity index (χ4v) is 1.10. The maximum Gasteiger partial charge on any atom is 0.328 e. The van der Waals surface area contributed by atoms with Crippen LogP contribution in [0.25, 0.3) is 0 Å². The van der Waals surface area contributed by atoms with Gasteiger partial charge < -0.3 is 20.5 Å². The first-order valence-electron chi connectivity index (χ1n) is 4.59. The number of methoxy groups -OCH3 is 2. The first-order valence-corrected chi connectivity index (χ1v) is 4.59. The van der Waals surface area contributed by atoms with Crippen LogP contribution in [0.3, 0.4) is 0 Å². The summed E-state index contributed by atoms with van der Waals surface area (Å²) in [6.07, 6.45) is 1.29. The Balaban J connectivity index is 2.85. The predicted molar refractivity (Wildman–Crippen MR) is 58.1 cm³/mol. The van der Waals surface area contributed by atoms with Crippen LogP contribution in [0.15, 0.2) is 6.33 Å². The summed E-state index contributed by atoms with van der Waals surface area (Å²) in [5, 5.41) is 2.80. The summed E-state index contributed by atoms with van der Waals surface area (Å²) in [7, 11) is 2.76. The van der Waals surface area contributed by atoms with E-state index < -0.39 is 12.0 Å². The van der Waals surface area contributed by atoms with Gasteiger partial charge in [0.1, 0.15) is 18.1 Å². The van der Waals surface area contributed by atoms with Gasteiger partial charge in [-0.05, 0) is 6.92 Å². The van der Waals surface area contributed by atoms with Gasteiger partial charge in [0.05, 0.1) is 14.2 Å². The van der Waals surface area contributed by atoms with Crippen LogP contribution >= 0.6 is 0 Å². The Hall–Kier alpha value is -2.05. The van der Waals surface area contributed by atoms with Crippen molar-refractivity contribution in [2.24, 2.45) is 0 Å². The molecule has 3 N–H and O–H groups in total. The van der Waals surface area contributed by atoms with Crippen molar-refractivity contribution in [1.82, 2.24) is 9.97 Å². The molecular weight excluding hydrogens is 212 g/mol. The van der Waals surface area contributed by atoms with E-state index >= 15 is 0 Å². The average Bonchev–Trinajstić information content (AvgIpc) is 2.30. The molecule has 1 unspecified atom stereocenters. The smallest absolute Gasteiger partial charge is 0.328 e. The average molecular weight is 226 g/mol. The quantitative estimate of drug-likeness (QED) is 0.699. The summed E-state index contributed by atoms with van der Waals surface area (Å²) < 4.78 is 9.49. The minimum Gasteiger partial charge on any atom is -0.479 e. The molecule has 1 rings (SSSR count). The highest BCUT2D eigenvalue weighted by Gasteiger charge is 2.16. The van der Waals surface area contributed by atoms with Gasteiger partial charge in [0.2, 0.25) is 5.88 Å². The third kappa shape index (κ3) is 2.50. The van der Waals surface area contributed by atoms with Crippen molar-refractivity contribution in [2.45, 2.75) is 13.0 Å². The lowest BCUT2D eigenvalue weighted by atomic mass is 10.3. The standard InChI is InChI=1S/C9H14N4O3/c1-5(9(14)16-3)13-7-6(10)8(15-2)12-4-11-7/h4-5H,10H2,1-3H3,(H,11,12,13). The minimum atomic E-state index is -0.549. The van der Waals surface area contributed by atoms with Crippen molar-refractivity contribution in [3.63, 3.8) is 0 Å². The summed E-state index contributed by atoms with van der Waals surface area (Å²) in [6.45, 7) is 1.64. The van der Waals surface area contributed by atoms with Crippen molar-refractivity contribution >= 4 is 17.5 Å². The van der Waals surface area contributed by atoms with Crippen LogP contribution in [0, 0.1) is 0 Å². The molecule has 7 heteroatoms. The van der Waals surface area contributed by atoms with E-state index in [0.29, 0.717) is 5.82 Å². The molecule has 16 heavy (non-hydrogen) atoms. The second kappa shape index (κ2) is 5.15. The Morgan fingerprint density at radius 3 is 2.75 bits per heavy atom. The Morgan fingerprint density at radius 1 is 1.50 bits per heavy atom. The van der Waals surface area contributed by atoms with Gasteiger partial charge in [0.15, 0.2) is 5.82 Å². The SMILES string of the molecule is COC(=O)C(C)Nc1ncnc(OC)c1N. The van der Waals surface area contributed by atoms with E-state index in [1.165, 1.54) is 20.5 Å². The fourth-order valence-electron chi connectivity index (χ4n) is 1.10. The van der Waals surface area contributed by atoms with Gasteiger partial charge in [-0.2, -0.15) is 4.98 Å². The molecule has 1 aromatic heterocycles. The zero-order valence-electron chi connectivity index (χ0n) is 9.35. The number of nitrogens with one attached hydrogen (secondary N) is 1. The summed E-state index contributed by atoms with van der Waals surface area (Å²) >= 11 is 0. The van der Waals surface area contributed by atoms with Gasteiger partial charge in [-0.1, -0.05) is 0 Å². The van der Waals surface area contributed by atoms with E-state index in [2.05, 4.69) is 20.0 Å². The number of esters is 1. The summed E-state index contributed by atoms with van der Waals surface area (Å²) in [5.41, 5.74) is 5.97. The number of carbonyl (C=O) groups is 1. The normalized spacial score (nSPS) is 11.7. The molecule has 1 heterocycles. The molecule has 0 saturated heterocycles. The number of nitrogens with zero attached hydrogens (tertiary/aromatic N) is 2. The van der Waals surface area contributed by atoms with E-state index in [0.717, 1.165) is 0 Å². The van der Waals surface area contributed by atoms with Crippen LogP contribution in [-0.2, 0) is 9.53 Å². The number of nitrogen functional groups attached to an aromatic ring is 1. The van der Waals surface area contributed by atoms with Crippen molar-refractivity contribution in [3.05, 3.63) is 6.33 Å². The van der Waals surface area contributed by atoms with Gasteiger partial charge in [0.25, 0.3) is 0 Å². The molecule has 0 aliphatic rings. The van der Waals surface area contributed by atoms with Crippen molar-refractivity contribution < 1.29 is 14.3 Å². The molecule has 7 nitrogen and oxygen atoms in total. The third-order valence-corrected chi connectivity index (χ3v) is 1.95. The molecule has 1 aromatic rings. The molecule has 88 valence electrons. The number of carbonyl (C=O) groups excluding carboxylic acids is 1. The van der Waals surface area contributed by atoms with Gasteiger partial charge in [0, 0.05) is 0 Å². The second-order valence-corrected chi connectivity index (χ2v) is 3.03. The summed E-state index contributed by atoms with van der Waals surface area (Å²) in [4.78, 5) is 18.9. The molecule has 0 aromatic carbocycles. The van der Waals surface area contributed by atoms with E-state index in [4.69, 9.17) is 10.5 Å². The second-order valence-electron chi connectivity index (χ2n) is 3.03. The lowest BCUT2D eigenvalue weighted by Crippen LogP contribution is -2.28. The number of anilines is 2. The molecule has 1 atom stereocenters. The fraction of sp³-hybridized carbons (Fsp3) is 0.444. The highest BCUT2D eigenvalue weighted by atomic mass is 16.5. The molecule has 0 fully saturated rings. The lowest BCUT2D eigenvalue weighted by Gasteiger charge is -2.14. The third-order valence-electron chi connectivity index (χ3n) is 1.95. The number of ether oxygens (including phenoxy) is 2. The summed E-state index contributed by atoms with van der Waals surface area (Å²) in [5.74, 6) is 0.191. The minimum absolute atomic E-state index is 0.251. The largest absolute Gasteiger partial charge is 0.479 e. The number of rotatable bonds is 4. The van der Waals surface area contributed by atoms with Crippen molar-refractivity contribution in [1.29, 1.82) is 0 Å². The highest BCUT2D eigenvalue weighted by molar-refractivity contribution is 5.80. The number of aromatic nitrogens is 2. The van der Waals surface area contributed by atoms with Crippen LogP contribution in [0.4, 0.5) is 11.5 Å². The molecule has 0 aliphatic heterocycles. The van der Waals surface area contributed by atoms with Crippen LogP contribution in [0.5, 0.6) is 5.88 Å². The van der Waals surface area contributed by atoms with Crippen LogP contribution < -0.4 is 15.8 Å². The van der Waals surface area contributed by atoms with E-state index in [9.17, 15) is 4.79 Å². The first-order chi connectivity index (χ1) is 7.60. The number of hydrogen-bond donors (Lipinski definition) is 2. The van der Waals surface area contributed by atoms with Gasteiger partial charge >= 0.3 is 5.97 Å². The van der Waals surface area contributed by atoms with Crippen molar-refractivity contribution in [3.8, 4) is 5.88 Å². The molecule has 0 spiro atoms. The number of nitrogens with two attached hydrogens (primary N) is 1. The van der Waals surface area contributed by atoms with E-state index in [1.807, 2.05) is 0 Å². The molecule has 0 radical (unpaired) electrons.